The highest BCUT2D eigenvalue weighted by atomic mass is 32.1. The van der Waals surface area contributed by atoms with Gasteiger partial charge in [0.05, 0.1) is 4.88 Å². The molecule has 3 aromatic rings. The Kier molecular flexibility index (Phi) is 3.24. The van der Waals surface area contributed by atoms with Crippen molar-refractivity contribution in [3.05, 3.63) is 35.3 Å². The third-order valence-electron chi connectivity index (χ3n) is 4.07. The number of nitrogens with one attached hydrogen (secondary N) is 1. The molecule has 0 amide bonds. The fourth-order valence-corrected chi connectivity index (χ4v) is 3.87. The molecular formula is C16H18N4S. The van der Waals surface area contributed by atoms with Gasteiger partial charge >= 0.3 is 0 Å². The van der Waals surface area contributed by atoms with Gasteiger partial charge in [-0.15, -0.1) is 11.3 Å². The molecule has 0 radical (unpaired) electrons. The predicted molar refractivity (Wildman–Crippen MR) is 86.6 cm³/mol. The quantitative estimate of drug-likeness (QED) is 0.808. The van der Waals surface area contributed by atoms with E-state index in [0.29, 0.717) is 5.92 Å². The van der Waals surface area contributed by atoms with Crippen molar-refractivity contribution >= 4 is 22.5 Å². The summed E-state index contributed by atoms with van der Waals surface area (Å²) >= 11 is 1.80. The molecule has 5 heteroatoms. The van der Waals surface area contributed by atoms with Gasteiger partial charge in [0, 0.05) is 17.6 Å². The van der Waals surface area contributed by atoms with Gasteiger partial charge in [-0.05, 0) is 56.6 Å². The van der Waals surface area contributed by atoms with Crippen molar-refractivity contribution in [2.45, 2.75) is 19.9 Å². The van der Waals surface area contributed by atoms with Gasteiger partial charge in [0.25, 0.3) is 0 Å². The molecular weight excluding hydrogens is 280 g/mol. The Labute approximate surface area is 127 Å². The Morgan fingerprint density at radius 2 is 2.33 bits per heavy atom. The summed E-state index contributed by atoms with van der Waals surface area (Å²) in [6.45, 7) is 5.35. The summed E-state index contributed by atoms with van der Waals surface area (Å²) in [5.41, 5.74) is 2.00. The van der Waals surface area contributed by atoms with Crippen LogP contribution in [0.5, 0.6) is 0 Å². The number of pyridine rings is 1. The summed E-state index contributed by atoms with van der Waals surface area (Å²) in [4.78, 5) is 11.9. The summed E-state index contributed by atoms with van der Waals surface area (Å²) < 4.78 is 2.30. The van der Waals surface area contributed by atoms with E-state index >= 15 is 0 Å². The zero-order chi connectivity index (χ0) is 14.2. The Bertz CT molecular complexity index is 768. The first-order valence-corrected chi connectivity index (χ1v) is 8.22. The molecule has 108 valence electrons. The van der Waals surface area contributed by atoms with Crippen molar-refractivity contribution in [2.24, 2.45) is 5.92 Å². The van der Waals surface area contributed by atoms with E-state index in [1.807, 2.05) is 12.3 Å². The summed E-state index contributed by atoms with van der Waals surface area (Å²) in [6, 6.07) is 8.34. The van der Waals surface area contributed by atoms with E-state index < -0.39 is 0 Å². The normalized spacial score (nSPS) is 18.6. The van der Waals surface area contributed by atoms with Crippen LogP contribution in [-0.4, -0.2) is 27.6 Å². The van der Waals surface area contributed by atoms with E-state index in [1.165, 1.54) is 16.2 Å². The van der Waals surface area contributed by atoms with E-state index in [4.69, 9.17) is 4.98 Å². The minimum Gasteiger partial charge on any atom is -0.316 e. The largest absolute Gasteiger partial charge is 0.316 e. The lowest BCUT2D eigenvalue weighted by Gasteiger charge is -2.12. The fourth-order valence-electron chi connectivity index (χ4n) is 3.00. The number of hydrogen-bond donors (Lipinski definition) is 1. The third kappa shape index (κ3) is 2.36. The van der Waals surface area contributed by atoms with Gasteiger partial charge in [-0.3, -0.25) is 0 Å². The monoisotopic (exact) mass is 298 g/mol. The van der Waals surface area contributed by atoms with E-state index in [0.717, 1.165) is 36.6 Å². The highest BCUT2D eigenvalue weighted by molar-refractivity contribution is 7.15. The van der Waals surface area contributed by atoms with Crippen LogP contribution < -0.4 is 5.32 Å². The van der Waals surface area contributed by atoms with Crippen LogP contribution in [0.1, 0.15) is 11.3 Å². The number of thiophene rings is 1. The molecule has 0 spiro atoms. The number of aromatic nitrogens is 3. The second-order valence-electron chi connectivity index (χ2n) is 5.66. The van der Waals surface area contributed by atoms with Crippen LogP contribution in [0, 0.1) is 12.8 Å². The first-order chi connectivity index (χ1) is 10.3. The lowest BCUT2D eigenvalue weighted by atomic mass is 10.1. The maximum atomic E-state index is 4.83. The molecule has 1 atom stereocenters. The molecule has 4 heterocycles. The van der Waals surface area contributed by atoms with Gasteiger partial charge in [-0.2, -0.15) is 0 Å². The molecule has 0 aliphatic carbocycles. The van der Waals surface area contributed by atoms with Crippen molar-refractivity contribution in [3.8, 4) is 10.7 Å². The second kappa shape index (κ2) is 5.24. The van der Waals surface area contributed by atoms with Crippen LogP contribution >= 0.6 is 11.3 Å². The molecule has 21 heavy (non-hydrogen) atoms. The summed E-state index contributed by atoms with van der Waals surface area (Å²) in [5.74, 6) is 1.73. The van der Waals surface area contributed by atoms with Crippen LogP contribution in [0.15, 0.2) is 30.5 Å². The molecule has 1 saturated heterocycles. The molecule has 4 rings (SSSR count). The number of fused-ring (bicyclic) bond motifs is 1. The van der Waals surface area contributed by atoms with Crippen LogP contribution in [0.25, 0.3) is 21.9 Å². The smallest absolute Gasteiger partial charge is 0.160 e. The Balaban J connectivity index is 1.84. The van der Waals surface area contributed by atoms with Gasteiger partial charge in [0.2, 0.25) is 0 Å². The van der Waals surface area contributed by atoms with Crippen molar-refractivity contribution in [2.75, 3.05) is 13.1 Å². The third-order valence-corrected chi connectivity index (χ3v) is 5.06. The lowest BCUT2D eigenvalue weighted by Crippen LogP contribution is -2.15. The van der Waals surface area contributed by atoms with Crippen molar-refractivity contribution in [1.82, 2.24) is 19.9 Å². The van der Waals surface area contributed by atoms with Crippen LogP contribution in [-0.2, 0) is 6.54 Å². The molecule has 1 N–H and O–H groups in total. The van der Waals surface area contributed by atoms with Gasteiger partial charge in [0.1, 0.15) is 5.52 Å². The van der Waals surface area contributed by atoms with Crippen LogP contribution in [0.2, 0.25) is 0 Å². The van der Waals surface area contributed by atoms with Gasteiger partial charge < -0.3 is 9.88 Å². The number of aryl methyl sites for hydroxylation is 1. The molecule has 4 nitrogen and oxygen atoms in total. The Morgan fingerprint density at radius 3 is 3.10 bits per heavy atom. The van der Waals surface area contributed by atoms with Crippen molar-refractivity contribution in [1.29, 1.82) is 0 Å². The molecule has 1 aliphatic rings. The molecule has 0 saturated carbocycles. The number of nitrogens with zero attached hydrogens (tertiary/aromatic N) is 3. The average molecular weight is 298 g/mol. The lowest BCUT2D eigenvalue weighted by molar-refractivity contribution is 0.491. The van der Waals surface area contributed by atoms with Crippen molar-refractivity contribution < 1.29 is 0 Å². The Morgan fingerprint density at radius 1 is 1.38 bits per heavy atom. The van der Waals surface area contributed by atoms with Crippen molar-refractivity contribution in [3.63, 3.8) is 0 Å². The zero-order valence-corrected chi connectivity index (χ0v) is 12.9. The number of hydrogen-bond acceptors (Lipinski definition) is 4. The summed E-state index contributed by atoms with van der Waals surface area (Å²) in [5, 5.41) is 3.44. The molecule has 0 bridgehead atoms. The SMILES string of the molecule is Cc1ccc(-c2nc3cccnc3n2CC2CCNC2)s1. The summed E-state index contributed by atoms with van der Waals surface area (Å²) in [7, 11) is 0. The van der Waals surface area contributed by atoms with E-state index in [9.17, 15) is 0 Å². The molecule has 3 aromatic heterocycles. The maximum Gasteiger partial charge on any atom is 0.160 e. The topological polar surface area (TPSA) is 42.7 Å². The molecule has 1 fully saturated rings. The minimum atomic E-state index is 0.671. The highest BCUT2D eigenvalue weighted by Gasteiger charge is 2.20. The maximum absolute atomic E-state index is 4.83. The van der Waals surface area contributed by atoms with Crippen LogP contribution in [0.4, 0.5) is 0 Å². The zero-order valence-electron chi connectivity index (χ0n) is 12.0. The van der Waals surface area contributed by atoms with Gasteiger partial charge in [-0.25, -0.2) is 9.97 Å². The standard InChI is InChI=1S/C16H18N4S/c1-11-4-5-14(21-11)16-19-13-3-2-7-18-15(13)20(16)10-12-6-8-17-9-12/h2-5,7,12,17H,6,8-10H2,1H3. The molecule has 0 aromatic carbocycles. The first-order valence-electron chi connectivity index (χ1n) is 7.40. The molecule has 1 unspecified atom stereocenters. The first kappa shape index (κ1) is 13.0. The van der Waals surface area contributed by atoms with Gasteiger partial charge in [0.15, 0.2) is 11.5 Å². The average Bonchev–Trinajstić information content (AvgIpc) is 3.20. The fraction of sp³-hybridized carbons (Fsp3) is 0.375. The molecule has 1 aliphatic heterocycles. The van der Waals surface area contributed by atoms with Gasteiger partial charge in [-0.1, -0.05) is 0 Å². The Hall–Kier alpha value is -1.72. The van der Waals surface area contributed by atoms with E-state index in [-0.39, 0.29) is 0 Å². The second-order valence-corrected chi connectivity index (χ2v) is 6.95. The van der Waals surface area contributed by atoms with E-state index in [1.54, 1.807) is 11.3 Å². The number of rotatable bonds is 3. The predicted octanol–water partition coefficient (Wildman–Crippen LogP) is 3.08. The summed E-state index contributed by atoms with van der Waals surface area (Å²) in [6.07, 6.45) is 3.09. The highest BCUT2D eigenvalue weighted by Crippen LogP contribution is 2.30. The number of imidazole rings is 1. The van der Waals surface area contributed by atoms with E-state index in [2.05, 4.69) is 40.0 Å². The minimum absolute atomic E-state index is 0.671. The van der Waals surface area contributed by atoms with Crippen LogP contribution in [0.3, 0.4) is 0 Å².